The lowest BCUT2D eigenvalue weighted by Gasteiger charge is -2.16. The molecule has 1 aromatic heterocycles. The third-order valence-corrected chi connectivity index (χ3v) is 4.89. The molecule has 0 bridgehead atoms. The first-order chi connectivity index (χ1) is 10.0. The number of ether oxygens (including phenoxy) is 1. The van der Waals surface area contributed by atoms with Gasteiger partial charge in [0.2, 0.25) is 0 Å². The Balaban J connectivity index is 2.27. The second-order valence-corrected chi connectivity index (χ2v) is 6.92. The zero-order chi connectivity index (χ0) is 15.4. The van der Waals surface area contributed by atoms with E-state index >= 15 is 0 Å². The number of esters is 1. The number of aromatic nitrogens is 1. The van der Waals surface area contributed by atoms with Crippen molar-refractivity contribution >= 4 is 62.1 Å². The number of halogens is 3. The zero-order valence-electron chi connectivity index (χ0n) is 10.9. The van der Waals surface area contributed by atoms with Crippen LogP contribution in [0.25, 0.3) is 0 Å². The molecule has 0 aliphatic rings. The highest BCUT2D eigenvalue weighted by atomic mass is 79.9. The van der Waals surface area contributed by atoms with Gasteiger partial charge in [0, 0.05) is 10.2 Å². The molecule has 8 heteroatoms. The van der Waals surface area contributed by atoms with E-state index in [4.69, 9.17) is 27.9 Å². The molecule has 0 fully saturated rings. The summed E-state index contributed by atoms with van der Waals surface area (Å²) in [5.74, 6) is -0.408. The Hall–Kier alpha value is -0.820. The van der Waals surface area contributed by atoms with Crippen molar-refractivity contribution in [3.05, 3.63) is 43.2 Å². The number of anilines is 1. The van der Waals surface area contributed by atoms with Crippen molar-refractivity contribution < 1.29 is 9.53 Å². The van der Waals surface area contributed by atoms with E-state index in [1.807, 2.05) is 0 Å². The molecular weight excluding hydrogens is 399 g/mol. The molecule has 112 valence electrons. The molecule has 1 unspecified atom stereocenters. The van der Waals surface area contributed by atoms with Gasteiger partial charge in [0.1, 0.15) is 9.34 Å². The summed E-state index contributed by atoms with van der Waals surface area (Å²) in [7, 11) is 0. The highest BCUT2D eigenvalue weighted by molar-refractivity contribution is 9.10. The van der Waals surface area contributed by atoms with Crippen LogP contribution >= 0.6 is 50.5 Å². The van der Waals surface area contributed by atoms with Crippen LogP contribution in [0.2, 0.25) is 9.36 Å². The molecule has 0 saturated carbocycles. The summed E-state index contributed by atoms with van der Waals surface area (Å²) in [6.45, 7) is 2.04. The summed E-state index contributed by atoms with van der Waals surface area (Å²) < 4.78 is 6.32. The molecule has 1 N–H and O–H groups in total. The topological polar surface area (TPSA) is 51.2 Å². The number of nitrogens with zero attached hydrogens (tertiary/aromatic N) is 1. The highest BCUT2D eigenvalue weighted by Crippen LogP contribution is 2.30. The fourth-order valence-electron chi connectivity index (χ4n) is 1.60. The molecule has 0 radical (unpaired) electrons. The van der Waals surface area contributed by atoms with Crippen molar-refractivity contribution in [2.75, 3.05) is 11.9 Å². The van der Waals surface area contributed by atoms with Gasteiger partial charge in [-0.2, -0.15) is 0 Å². The van der Waals surface area contributed by atoms with E-state index in [0.717, 1.165) is 10.2 Å². The fraction of sp³-hybridized carbons (Fsp3) is 0.231. The molecular formula is C13H11BrCl2N2O2S. The molecule has 21 heavy (non-hydrogen) atoms. The maximum absolute atomic E-state index is 12.1. The van der Waals surface area contributed by atoms with Crippen LogP contribution in [-0.4, -0.2) is 17.6 Å². The molecule has 1 aromatic carbocycles. The SMILES string of the molecule is CCOC(=O)C(Nc1ccc(Cl)c(Br)c1)c1ncc(Cl)s1. The maximum atomic E-state index is 12.1. The molecule has 0 amide bonds. The van der Waals surface area contributed by atoms with Gasteiger partial charge in [-0.3, -0.25) is 0 Å². The standard InChI is InChI=1S/C13H11BrCl2N2O2S/c1-2-20-13(19)11(12-17-6-10(16)21-12)18-7-3-4-9(15)8(14)5-7/h3-6,11,18H,2H2,1H3. The maximum Gasteiger partial charge on any atom is 0.335 e. The second kappa shape index (κ2) is 7.45. The second-order valence-electron chi connectivity index (χ2n) is 3.96. The van der Waals surface area contributed by atoms with E-state index in [9.17, 15) is 4.79 Å². The van der Waals surface area contributed by atoms with E-state index in [0.29, 0.717) is 21.0 Å². The summed E-state index contributed by atoms with van der Waals surface area (Å²) >= 11 is 16.4. The van der Waals surface area contributed by atoms with Crippen LogP contribution in [0.15, 0.2) is 28.9 Å². The minimum atomic E-state index is -0.712. The molecule has 1 heterocycles. The van der Waals surface area contributed by atoms with E-state index in [-0.39, 0.29) is 0 Å². The van der Waals surface area contributed by atoms with E-state index in [2.05, 4.69) is 26.2 Å². The van der Waals surface area contributed by atoms with Crippen molar-refractivity contribution in [1.82, 2.24) is 4.98 Å². The number of thiazole rings is 1. The quantitative estimate of drug-likeness (QED) is 0.711. The van der Waals surface area contributed by atoms with Crippen molar-refractivity contribution in [2.45, 2.75) is 13.0 Å². The molecule has 0 aliphatic carbocycles. The van der Waals surface area contributed by atoms with Gasteiger partial charge in [-0.15, -0.1) is 11.3 Å². The zero-order valence-corrected chi connectivity index (χ0v) is 14.8. The average molecular weight is 410 g/mol. The highest BCUT2D eigenvalue weighted by Gasteiger charge is 2.25. The lowest BCUT2D eigenvalue weighted by molar-refractivity contribution is -0.144. The van der Waals surface area contributed by atoms with Gasteiger partial charge < -0.3 is 10.1 Å². The number of rotatable bonds is 5. The number of benzene rings is 1. The average Bonchev–Trinajstić information content (AvgIpc) is 2.86. The predicted octanol–water partition coefficient (Wildman–Crippen LogP) is 4.93. The monoisotopic (exact) mass is 408 g/mol. The van der Waals surface area contributed by atoms with Crippen LogP contribution in [0.5, 0.6) is 0 Å². The van der Waals surface area contributed by atoms with Crippen LogP contribution in [0.4, 0.5) is 5.69 Å². The van der Waals surface area contributed by atoms with E-state index in [1.165, 1.54) is 17.5 Å². The van der Waals surface area contributed by atoms with Gasteiger partial charge in [0.25, 0.3) is 0 Å². The first kappa shape index (κ1) is 16.5. The van der Waals surface area contributed by atoms with Gasteiger partial charge in [-0.1, -0.05) is 23.2 Å². The number of nitrogens with one attached hydrogen (secondary N) is 1. The third-order valence-electron chi connectivity index (χ3n) is 2.50. The van der Waals surface area contributed by atoms with Gasteiger partial charge in [-0.25, -0.2) is 9.78 Å². The summed E-state index contributed by atoms with van der Waals surface area (Å²) in [5, 5.41) is 4.22. The molecule has 0 spiro atoms. The van der Waals surface area contributed by atoms with Crippen LogP contribution in [-0.2, 0) is 9.53 Å². The predicted molar refractivity (Wildman–Crippen MR) is 89.3 cm³/mol. The van der Waals surface area contributed by atoms with Gasteiger partial charge in [0.15, 0.2) is 6.04 Å². The van der Waals surface area contributed by atoms with Crippen LogP contribution in [0.3, 0.4) is 0 Å². The van der Waals surface area contributed by atoms with Gasteiger partial charge in [0.05, 0.1) is 17.8 Å². The Labute approximate surface area is 144 Å². The Morgan fingerprint density at radius 1 is 1.52 bits per heavy atom. The van der Waals surface area contributed by atoms with Crippen LogP contribution < -0.4 is 5.32 Å². The number of carbonyl (C=O) groups is 1. The molecule has 2 aromatic rings. The first-order valence-corrected chi connectivity index (χ1v) is 8.37. The van der Waals surface area contributed by atoms with Crippen molar-refractivity contribution in [2.24, 2.45) is 0 Å². The fourth-order valence-corrected chi connectivity index (χ4v) is 3.07. The Kier molecular flexibility index (Phi) is 5.87. The summed E-state index contributed by atoms with van der Waals surface area (Å²) in [6.07, 6.45) is 1.51. The lowest BCUT2D eigenvalue weighted by Crippen LogP contribution is -2.23. The van der Waals surface area contributed by atoms with Gasteiger partial charge >= 0.3 is 5.97 Å². The minimum absolute atomic E-state index is 0.292. The largest absolute Gasteiger partial charge is 0.464 e. The van der Waals surface area contributed by atoms with Crippen molar-refractivity contribution in [1.29, 1.82) is 0 Å². The Morgan fingerprint density at radius 2 is 2.29 bits per heavy atom. The van der Waals surface area contributed by atoms with Crippen molar-refractivity contribution in [3.8, 4) is 0 Å². The smallest absolute Gasteiger partial charge is 0.335 e. The summed E-state index contributed by atoms with van der Waals surface area (Å²) in [6, 6.07) is 4.57. The third kappa shape index (κ3) is 4.32. The van der Waals surface area contributed by atoms with Crippen LogP contribution in [0.1, 0.15) is 18.0 Å². The molecule has 0 aliphatic heterocycles. The Bertz CT molecular complexity index is 651. The lowest BCUT2D eigenvalue weighted by atomic mass is 10.2. The summed E-state index contributed by atoms with van der Waals surface area (Å²) in [4.78, 5) is 16.3. The molecule has 0 saturated heterocycles. The molecule has 1 atom stereocenters. The number of hydrogen-bond donors (Lipinski definition) is 1. The summed E-state index contributed by atoms with van der Waals surface area (Å²) in [5.41, 5.74) is 0.718. The minimum Gasteiger partial charge on any atom is -0.464 e. The molecule has 2 rings (SSSR count). The normalized spacial score (nSPS) is 12.0. The number of hydrogen-bond acceptors (Lipinski definition) is 5. The Morgan fingerprint density at radius 3 is 2.86 bits per heavy atom. The van der Waals surface area contributed by atoms with Gasteiger partial charge in [-0.05, 0) is 41.1 Å². The van der Waals surface area contributed by atoms with E-state index in [1.54, 1.807) is 25.1 Å². The molecule has 4 nitrogen and oxygen atoms in total. The van der Waals surface area contributed by atoms with Crippen LogP contribution in [0, 0.1) is 0 Å². The van der Waals surface area contributed by atoms with Crippen molar-refractivity contribution in [3.63, 3.8) is 0 Å². The first-order valence-electron chi connectivity index (χ1n) is 6.00. The number of carbonyl (C=O) groups excluding carboxylic acids is 1. The van der Waals surface area contributed by atoms with E-state index < -0.39 is 12.0 Å².